The zero-order chi connectivity index (χ0) is 102. The molecule has 16 aromatic carbocycles. The number of hydrogen-bond donors (Lipinski definition) is 0. The zero-order valence-corrected chi connectivity index (χ0v) is 44.4. The molecule has 2 aromatic heterocycles. The number of rotatable bonds is 6. The fourth-order valence-electron chi connectivity index (χ4n) is 10.2. The first-order valence-corrected chi connectivity index (χ1v) is 26.9. The molecule has 0 spiro atoms. The van der Waals surface area contributed by atoms with E-state index in [9.17, 15) is 28.8 Å². The number of fused-ring (bicyclic) bond motifs is 12. The molecule has 0 radical (unpaired) electrons. The van der Waals surface area contributed by atoms with Gasteiger partial charge in [-0.2, -0.15) is 0 Å². The molecule has 0 aliphatic carbocycles. The molecule has 2 heteroatoms. The van der Waals surface area contributed by atoms with Crippen molar-refractivity contribution >= 4 is 128 Å². The minimum atomic E-state index is -1.06. The van der Waals surface area contributed by atoms with Gasteiger partial charge in [-0.3, -0.25) is 0 Å². The Morgan fingerprint density at radius 1 is 0.174 bits per heavy atom. The van der Waals surface area contributed by atoms with E-state index in [1.165, 1.54) is 0 Å². The molecule has 0 amide bonds. The largest absolute Gasteiger partial charge is 0.135 e. The van der Waals surface area contributed by atoms with Crippen LogP contribution in [0.4, 0.5) is 0 Å². The predicted octanol–water partition coefficient (Wildman–Crippen LogP) is 25.0. The van der Waals surface area contributed by atoms with Crippen LogP contribution in [-0.2, 0) is 0 Å². The van der Waals surface area contributed by atoms with E-state index >= 15 is 0 Å². The van der Waals surface area contributed by atoms with E-state index in [1.54, 1.807) is 0 Å². The maximum absolute atomic E-state index is 9.60. The van der Waals surface area contributed by atoms with Gasteiger partial charge in [0.05, 0.1) is 71.3 Å². The molecule has 0 aliphatic heterocycles. The summed E-state index contributed by atoms with van der Waals surface area (Å²) in [5, 5.41) is -8.59. The highest BCUT2D eigenvalue weighted by atomic mass is 32.1. The summed E-state index contributed by atoms with van der Waals surface area (Å²) in [6, 6.07) is -44.5. The fourth-order valence-corrected chi connectivity index (χ4v) is 12.2. The quantitative estimate of drug-likeness (QED) is 0.146. The fraction of sp³-hybridized carbons (Fsp3) is 0. The molecule has 0 saturated carbocycles. The van der Waals surface area contributed by atoms with Gasteiger partial charge in [0.2, 0.25) is 0 Å². The molecule has 0 atom stereocenters. The highest BCUT2D eigenvalue weighted by Gasteiger charge is 2.20. The second-order valence-corrected chi connectivity index (χ2v) is 20.6. The maximum Gasteiger partial charge on any atom is 0.0644 e. The van der Waals surface area contributed by atoms with Crippen molar-refractivity contribution in [2.24, 2.45) is 0 Å². The average Bonchev–Trinajstić information content (AvgIpc) is 0.965. The van der Waals surface area contributed by atoms with Crippen LogP contribution in [0.2, 0.25) is 0 Å². The monoisotopic (exact) mass is 1180 g/mol. The Morgan fingerprint density at radius 2 is 0.465 bits per heavy atom. The van der Waals surface area contributed by atoms with Crippen LogP contribution in [0.25, 0.3) is 172 Å². The van der Waals surface area contributed by atoms with Crippen LogP contribution in [-0.4, -0.2) is 0 Å². The molecule has 18 rings (SSSR count). The molecule has 0 fully saturated rings. The summed E-state index contributed by atoms with van der Waals surface area (Å²) in [5.74, 6) is 0. The van der Waals surface area contributed by atoms with Crippen LogP contribution in [0.5, 0.6) is 0 Å². The Balaban J connectivity index is 0.000000191. The first kappa shape index (κ1) is 20.4. The second-order valence-electron chi connectivity index (χ2n) is 18.5. The van der Waals surface area contributed by atoms with Gasteiger partial charge in [-0.1, -0.05) is 290 Å². The smallest absolute Gasteiger partial charge is 0.0644 e. The standard InChI is InChI=1S/2C42H26S/c1-2-12-31-28(10-1)11-9-18-34(31)42-37-16-5-3-14-35(37)41(36-15-4-6-17-38(36)42)29-22-20-27(21-23-29)30-24-25-33-32-13-7-8-19-39(32)43-40(33)26-30;1-2-12-31-27(10-1)11-9-18-32(31)28-20-22-29(23-21-28)41-35-14-3-5-16-37(35)42(38-17-6-4-15-36(38)41)30-24-25-34-33-13-7-8-19-39(33)43-40(34)26-30/h2*1-26H/i2*1D,2D,3D,4D,5D,6D,7D,8D,9D,10D,11D,12D,13D,14D,15D,16D,17D,18D,19D,20D,21D,22D,23D,24D,25D,26D. The SMILES string of the molecule is [2H]c1c([2H])c(-c2c3c([2H])c([2H])c([2H])c([2H])c3c(-c3c([2H])c([2H])c([2H])c4c([2H])c([2H])c([2H])c([2H])c34)c3c([2H])c([2H])c([2H])c([2H])c23)c([2H])c([2H])c1-c1c([2H])c([2H])c2c(sc3c([2H])c([2H])c([2H])c([2H])c32)c1[2H].[2H]c1c([2H])c(-c2c3c([2H])c([2H])c([2H])c([2H])c3c(-c3c([2H])c([2H])c4c(sc5c([2H])c([2H])c([2H])c([2H])c54)c3[2H])c3c([2H])c([2H])c([2H])c([2H])c23)c([2H])c([2H])c1-c1c([2H])c([2H])c([2H])c2c([2H])c([2H])c([2H])c([2H])c12. The maximum atomic E-state index is 9.60. The molecule has 0 bridgehead atoms. The summed E-state index contributed by atoms with van der Waals surface area (Å²) >= 11 is 1.35. The first-order valence-electron chi connectivity index (χ1n) is 51.3. The van der Waals surface area contributed by atoms with E-state index in [1.807, 2.05) is 0 Å². The molecule has 0 unspecified atom stereocenters. The topological polar surface area (TPSA) is 0 Å². The van der Waals surface area contributed by atoms with Crippen LogP contribution in [0.3, 0.4) is 0 Å². The van der Waals surface area contributed by atoms with Gasteiger partial charge < -0.3 is 0 Å². The van der Waals surface area contributed by atoms with Crippen LogP contribution >= 0.6 is 22.7 Å². The lowest BCUT2D eigenvalue weighted by Crippen LogP contribution is -1.91. The number of hydrogen-bond acceptors (Lipinski definition) is 2. The third-order valence-corrected chi connectivity index (χ3v) is 15.9. The Labute approximate surface area is 579 Å². The summed E-state index contributed by atoms with van der Waals surface area (Å²) in [6.45, 7) is 0. The first-order chi connectivity index (χ1) is 64.3. The lowest BCUT2D eigenvalue weighted by molar-refractivity contribution is 1.63. The molecular weight excluding hydrogens is 1070 g/mol. The van der Waals surface area contributed by atoms with Gasteiger partial charge in [-0.15, -0.1) is 22.7 Å². The molecule has 2 heterocycles. The minimum Gasteiger partial charge on any atom is -0.135 e. The summed E-state index contributed by atoms with van der Waals surface area (Å²) in [7, 11) is 0. The summed E-state index contributed by atoms with van der Waals surface area (Å²) in [4.78, 5) is 0. The molecule has 0 N–H and O–H groups in total. The lowest BCUT2D eigenvalue weighted by Gasteiger charge is -2.19. The van der Waals surface area contributed by atoms with Gasteiger partial charge in [-0.25, -0.2) is 0 Å². The summed E-state index contributed by atoms with van der Waals surface area (Å²) in [6.07, 6.45) is 0. The van der Waals surface area contributed by atoms with E-state index < -0.39 is 446 Å². The van der Waals surface area contributed by atoms with Crippen molar-refractivity contribution in [2.45, 2.75) is 0 Å². The van der Waals surface area contributed by atoms with Crippen LogP contribution in [0, 0.1) is 0 Å². The van der Waals surface area contributed by atoms with Crippen molar-refractivity contribution in [2.75, 3.05) is 0 Å². The van der Waals surface area contributed by atoms with Crippen molar-refractivity contribution in [3.05, 3.63) is 314 Å². The van der Waals surface area contributed by atoms with Crippen LogP contribution in [0.15, 0.2) is 314 Å². The predicted molar refractivity (Wildman–Crippen MR) is 376 cm³/mol. The zero-order valence-electron chi connectivity index (χ0n) is 94.8. The highest BCUT2D eigenvalue weighted by molar-refractivity contribution is 7.26. The Bertz CT molecular complexity index is 8720. The van der Waals surface area contributed by atoms with Crippen molar-refractivity contribution in [1.82, 2.24) is 0 Å². The van der Waals surface area contributed by atoms with Crippen molar-refractivity contribution in [1.29, 1.82) is 0 Å². The Morgan fingerprint density at radius 3 is 0.930 bits per heavy atom. The Kier molecular flexibility index (Phi) is 4.90. The van der Waals surface area contributed by atoms with Gasteiger partial charge in [0.25, 0.3) is 0 Å². The minimum absolute atomic E-state index is 0.0544. The van der Waals surface area contributed by atoms with E-state index in [0.717, 1.165) is 0 Å². The average molecular weight is 1180 g/mol. The summed E-state index contributed by atoms with van der Waals surface area (Å²) in [5.41, 5.74) is -8.44. The van der Waals surface area contributed by atoms with Crippen molar-refractivity contribution in [3.63, 3.8) is 0 Å². The number of benzene rings is 16. The van der Waals surface area contributed by atoms with Crippen LogP contribution in [0.1, 0.15) is 71.3 Å². The highest BCUT2D eigenvalue weighted by Crippen LogP contribution is 2.48. The molecule has 0 aliphatic rings. The molecule has 0 nitrogen and oxygen atoms in total. The number of thiophene rings is 2. The van der Waals surface area contributed by atoms with E-state index in [4.69, 9.17) is 42.5 Å². The second kappa shape index (κ2) is 20.7. The third kappa shape index (κ3) is 8.32. The van der Waals surface area contributed by atoms with E-state index in [0.29, 0.717) is 22.7 Å². The van der Waals surface area contributed by atoms with E-state index in [-0.39, 0.29) is 40.3 Å². The van der Waals surface area contributed by atoms with Gasteiger partial charge in [0.1, 0.15) is 0 Å². The molecule has 400 valence electrons. The van der Waals surface area contributed by atoms with Crippen molar-refractivity contribution in [3.8, 4) is 66.8 Å². The molecule has 18 aromatic rings. The van der Waals surface area contributed by atoms with Gasteiger partial charge in [0.15, 0.2) is 0 Å². The molecule has 0 saturated heterocycles. The van der Waals surface area contributed by atoms with Crippen LogP contribution < -0.4 is 0 Å². The van der Waals surface area contributed by atoms with E-state index in [2.05, 4.69) is 0 Å². The molecular formula is C84H52S2. The van der Waals surface area contributed by atoms with Crippen molar-refractivity contribution < 1.29 is 71.3 Å². The normalized spacial score (nSPS) is 20.2. The van der Waals surface area contributed by atoms with Gasteiger partial charge in [0, 0.05) is 40.3 Å². The Hall–Kier alpha value is -10.5. The summed E-state index contributed by atoms with van der Waals surface area (Å²) < 4.78 is 464. The van der Waals surface area contributed by atoms with Gasteiger partial charge in [-0.05, 0) is 156 Å². The third-order valence-electron chi connectivity index (χ3n) is 13.9. The molecule has 86 heavy (non-hydrogen) atoms. The van der Waals surface area contributed by atoms with Gasteiger partial charge >= 0.3 is 0 Å². The lowest BCUT2D eigenvalue weighted by atomic mass is 9.84.